The molecule has 0 spiro atoms. The summed E-state index contributed by atoms with van der Waals surface area (Å²) in [5, 5.41) is 6.48. The van der Waals surface area contributed by atoms with Crippen LogP contribution in [0.4, 0.5) is 5.69 Å². The van der Waals surface area contributed by atoms with Gasteiger partial charge in [-0.15, -0.1) is 0 Å². The normalized spacial score (nSPS) is 14.9. The number of nitrogens with zero attached hydrogens (tertiary/aromatic N) is 3. The lowest BCUT2D eigenvalue weighted by molar-refractivity contribution is -0.119. The zero-order valence-corrected chi connectivity index (χ0v) is 17.1. The molecule has 2 aromatic rings. The van der Waals surface area contributed by atoms with Crippen molar-refractivity contribution >= 4 is 17.6 Å². The number of aromatic nitrogens is 1. The van der Waals surface area contributed by atoms with Gasteiger partial charge in [-0.2, -0.15) is 0 Å². The van der Waals surface area contributed by atoms with E-state index in [1.807, 2.05) is 44.6 Å². The van der Waals surface area contributed by atoms with Crippen molar-refractivity contribution in [1.82, 2.24) is 14.8 Å². The van der Waals surface area contributed by atoms with Gasteiger partial charge in [0.05, 0.1) is 6.54 Å². The molecule has 6 nitrogen and oxygen atoms in total. The monoisotopic (exact) mass is 381 g/mol. The molecule has 0 atom stereocenters. The number of carbonyl (C=O) groups excluding carboxylic acids is 1. The second-order valence-electron chi connectivity index (χ2n) is 7.54. The highest BCUT2D eigenvalue weighted by atomic mass is 16.1. The lowest BCUT2D eigenvalue weighted by atomic mass is 10.1. The lowest BCUT2D eigenvalue weighted by Gasteiger charge is -2.22. The van der Waals surface area contributed by atoms with Crippen LogP contribution in [0.3, 0.4) is 0 Å². The van der Waals surface area contributed by atoms with Crippen LogP contribution in [0.2, 0.25) is 0 Å². The smallest absolute Gasteiger partial charge is 0.227 e. The van der Waals surface area contributed by atoms with E-state index in [-0.39, 0.29) is 11.8 Å². The Morgan fingerprint density at radius 2 is 2.04 bits per heavy atom. The maximum absolute atomic E-state index is 12.4. The van der Waals surface area contributed by atoms with E-state index in [2.05, 4.69) is 37.2 Å². The van der Waals surface area contributed by atoms with E-state index in [9.17, 15) is 4.79 Å². The first-order valence-electron chi connectivity index (χ1n) is 9.98. The molecule has 1 aromatic heterocycles. The number of aryl methyl sites for hydroxylation is 1. The molecule has 1 aliphatic carbocycles. The van der Waals surface area contributed by atoms with Crippen LogP contribution in [-0.4, -0.2) is 35.4 Å². The number of guanidine groups is 1. The van der Waals surface area contributed by atoms with Crippen molar-refractivity contribution in [3.05, 3.63) is 53.9 Å². The van der Waals surface area contributed by atoms with Crippen LogP contribution in [-0.2, 0) is 24.9 Å². The van der Waals surface area contributed by atoms with E-state index in [0.29, 0.717) is 6.54 Å². The predicted molar refractivity (Wildman–Crippen MR) is 114 cm³/mol. The van der Waals surface area contributed by atoms with Crippen LogP contribution in [0, 0.1) is 5.92 Å². The largest absolute Gasteiger partial charge is 0.353 e. The lowest BCUT2D eigenvalue weighted by Crippen LogP contribution is -2.38. The van der Waals surface area contributed by atoms with Crippen LogP contribution < -0.4 is 10.6 Å². The quantitative estimate of drug-likeness (QED) is 0.596. The summed E-state index contributed by atoms with van der Waals surface area (Å²) in [6.45, 7) is 1.43. The SMILES string of the molecule is CN=C(NCc1cccc(NC(=O)C2CCCC2)c1)N(C)Cc1cccn1C. The van der Waals surface area contributed by atoms with Gasteiger partial charge in [0.25, 0.3) is 0 Å². The summed E-state index contributed by atoms with van der Waals surface area (Å²) in [6.07, 6.45) is 6.40. The molecule has 1 aromatic carbocycles. The Bertz CT molecular complexity index is 820. The number of nitrogens with one attached hydrogen (secondary N) is 2. The molecule has 1 saturated carbocycles. The maximum atomic E-state index is 12.4. The van der Waals surface area contributed by atoms with E-state index >= 15 is 0 Å². The molecule has 0 aliphatic heterocycles. The Balaban J connectivity index is 1.55. The topological polar surface area (TPSA) is 61.7 Å². The molecule has 3 rings (SSSR count). The van der Waals surface area contributed by atoms with Gasteiger partial charge in [0, 0.05) is 51.2 Å². The van der Waals surface area contributed by atoms with Crippen molar-refractivity contribution in [2.75, 3.05) is 19.4 Å². The molecule has 0 bridgehead atoms. The van der Waals surface area contributed by atoms with Crippen molar-refractivity contribution in [2.45, 2.75) is 38.8 Å². The van der Waals surface area contributed by atoms with Crippen LogP contribution in [0.15, 0.2) is 47.6 Å². The number of hydrogen-bond acceptors (Lipinski definition) is 2. The summed E-state index contributed by atoms with van der Waals surface area (Å²) in [4.78, 5) is 18.8. The van der Waals surface area contributed by atoms with E-state index in [1.165, 1.54) is 5.69 Å². The predicted octanol–water partition coefficient (Wildman–Crippen LogP) is 3.36. The van der Waals surface area contributed by atoms with Crippen LogP contribution in [0.1, 0.15) is 36.9 Å². The highest BCUT2D eigenvalue weighted by Gasteiger charge is 2.22. The maximum Gasteiger partial charge on any atom is 0.227 e. The Morgan fingerprint density at radius 1 is 1.25 bits per heavy atom. The van der Waals surface area contributed by atoms with Gasteiger partial charge >= 0.3 is 0 Å². The highest BCUT2D eigenvalue weighted by molar-refractivity contribution is 5.92. The Morgan fingerprint density at radius 3 is 2.71 bits per heavy atom. The first-order valence-corrected chi connectivity index (χ1v) is 9.98. The first kappa shape index (κ1) is 20.0. The number of amides is 1. The molecular weight excluding hydrogens is 350 g/mol. The summed E-state index contributed by atoms with van der Waals surface area (Å²) >= 11 is 0. The fourth-order valence-electron chi connectivity index (χ4n) is 3.74. The Hall–Kier alpha value is -2.76. The van der Waals surface area contributed by atoms with Gasteiger partial charge in [-0.05, 0) is 42.7 Å². The fourth-order valence-corrected chi connectivity index (χ4v) is 3.74. The number of hydrogen-bond donors (Lipinski definition) is 2. The van der Waals surface area contributed by atoms with E-state index < -0.39 is 0 Å². The Kier molecular flexibility index (Phi) is 6.74. The molecule has 28 heavy (non-hydrogen) atoms. The van der Waals surface area contributed by atoms with Crippen molar-refractivity contribution in [3.63, 3.8) is 0 Å². The first-order chi connectivity index (χ1) is 13.6. The average Bonchev–Trinajstić information content (AvgIpc) is 3.35. The molecule has 150 valence electrons. The molecular formula is C22H31N5O. The third-order valence-corrected chi connectivity index (χ3v) is 5.39. The minimum absolute atomic E-state index is 0.153. The van der Waals surface area contributed by atoms with Gasteiger partial charge < -0.3 is 20.1 Å². The summed E-state index contributed by atoms with van der Waals surface area (Å²) in [6, 6.07) is 12.2. The fraction of sp³-hybridized carbons (Fsp3) is 0.455. The standard InChI is InChI=1S/C22H31N5O/c1-23-22(27(3)16-20-12-7-13-26(20)2)24-15-17-8-6-11-19(14-17)25-21(28)18-9-4-5-10-18/h6-8,11-14,18H,4-5,9-10,15-16H2,1-3H3,(H,23,24)(H,25,28). The van der Waals surface area contributed by atoms with E-state index in [1.54, 1.807) is 7.05 Å². The van der Waals surface area contributed by atoms with Gasteiger partial charge in [-0.1, -0.05) is 25.0 Å². The molecule has 0 radical (unpaired) electrons. The molecule has 6 heteroatoms. The zero-order valence-electron chi connectivity index (χ0n) is 17.1. The number of carbonyl (C=O) groups is 1. The minimum Gasteiger partial charge on any atom is -0.353 e. The van der Waals surface area contributed by atoms with Crippen LogP contribution in [0.5, 0.6) is 0 Å². The average molecular weight is 382 g/mol. The number of aliphatic imine (C=N–C) groups is 1. The van der Waals surface area contributed by atoms with Crippen molar-refractivity contribution < 1.29 is 4.79 Å². The molecule has 1 fully saturated rings. The van der Waals surface area contributed by atoms with Gasteiger partial charge in [0.1, 0.15) is 0 Å². The molecule has 1 aliphatic rings. The van der Waals surface area contributed by atoms with Crippen molar-refractivity contribution in [2.24, 2.45) is 18.0 Å². The number of benzene rings is 1. The van der Waals surface area contributed by atoms with E-state index in [4.69, 9.17) is 0 Å². The second kappa shape index (κ2) is 9.44. The molecule has 0 unspecified atom stereocenters. The van der Waals surface area contributed by atoms with Gasteiger partial charge in [0.15, 0.2) is 5.96 Å². The highest BCUT2D eigenvalue weighted by Crippen LogP contribution is 2.26. The van der Waals surface area contributed by atoms with Gasteiger partial charge in [0.2, 0.25) is 5.91 Å². The third-order valence-electron chi connectivity index (χ3n) is 5.39. The molecule has 1 amide bonds. The van der Waals surface area contributed by atoms with Crippen LogP contribution >= 0.6 is 0 Å². The number of anilines is 1. The number of rotatable bonds is 6. The summed E-state index contributed by atoms with van der Waals surface area (Å²) in [7, 11) is 5.87. The van der Waals surface area contributed by atoms with Crippen molar-refractivity contribution in [1.29, 1.82) is 0 Å². The third kappa shape index (κ3) is 5.15. The van der Waals surface area contributed by atoms with Crippen LogP contribution in [0.25, 0.3) is 0 Å². The Labute approximate surface area is 167 Å². The molecule has 1 heterocycles. The van der Waals surface area contributed by atoms with Gasteiger partial charge in [-0.3, -0.25) is 9.79 Å². The summed E-state index contributed by atoms with van der Waals surface area (Å²) < 4.78 is 2.11. The van der Waals surface area contributed by atoms with E-state index in [0.717, 1.165) is 49.4 Å². The minimum atomic E-state index is 0.153. The summed E-state index contributed by atoms with van der Waals surface area (Å²) in [5.74, 6) is 1.16. The van der Waals surface area contributed by atoms with Gasteiger partial charge in [-0.25, -0.2) is 0 Å². The zero-order chi connectivity index (χ0) is 19.9. The molecule has 0 saturated heterocycles. The van der Waals surface area contributed by atoms with Crippen molar-refractivity contribution in [3.8, 4) is 0 Å². The summed E-state index contributed by atoms with van der Waals surface area (Å²) in [5.41, 5.74) is 3.20. The molecule has 2 N–H and O–H groups in total. The second-order valence-corrected chi connectivity index (χ2v) is 7.54.